The summed E-state index contributed by atoms with van der Waals surface area (Å²) in [6.07, 6.45) is 2.57. The molecule has 1 heterocycles. The minimum absolute atomic E-state index is 0.0464. The Morgan fingerprint density at radius 2 is 2.33 bits per heavy atom. The molecule has 12 heavy (non-hydrogen) atoms. The molecule has 0 N–H and O–H groups in total. The van der Waals surface area contributed by atoms with Gasteiger partial charge in [-0.2, -0.15) is 0 Å². The highest BCUT2D eigenvalue weighted by atomic mass is 35.5. The van der Waals surface area contributed by atoms with Crippen LogP contribution in [0.15, 0.2) is 6.33 Å². The molecule has 0 atom stereocenters. The molecule has 1 aromatic heterocycles. The molecule has 0 saturated carbocycles. The van der Waals surface area contributed by atoms with Crippen LogP contribution in [0.1, 0.15) is 0 Å². The summed E-state index contributed by atoms with van der Waals surface area (Å²) in [6.45, 7) is 0.296. The van der Waals surface area contributed by atoms with E-state index in [-0.39, 0.29) is 11.0 Å². The van der Waals surface area contributed by atoms with Crippen molar-refractivity contribution < 1.29 is 8.42 Å². The van der Waals surface area contributed by atoms with E-state index in [2.05, 4.69) is 10.2 Å². The lowest BCUT2D eigenvalue weighted by Crippen LogP contribution is -2.10. The standard InChI is InChI=1S/C5H8ClN3O2S/c1-12(10,11)3-2-9-4-7-8-5(9)6/h4H,2-3H2,1H3. The van der Waals surface area contributed by atoms with E-state index in [0.717, 1.165) is 0 Å². The first kappa shape index (κ1) is 9.47. The Bertz CT molecular complexity index is 359. The summed E-state index contributed by atoms with van der Waals surface area (Å²) < 4.78 is 23.0. The molecular formula is C5H8ClN3O2S. The third kappa shape index (κ3) is 2.78. The smallest absolute Gasteiger partial charge is 0.224 e. The number of aromatic nitrogens is 3. The zero-order valence-corrected chi connectivity index (χ0v) is 8.01. The van der Waals surface area contributed by atoms with Gasteiger partial charge in [0.15, 0.2) is 0 Å². The van der Waals surface area contributed by atoms with Crippen LogP contribution in [0.5, 0.6) is 0 Å². The second-order valence-corrected chi connectivity index (χ2v) is 5.02. The van der Waals surface area contributed by atoms with E-state index in [9.17, 15) is 8.42 Å². The van der Waals surface area contributed by atoms with Crippen molar-refractivity contribution in [3.05, 3.63) is 11.6 Å². The van der Waals surface area contributed by atoms with Crippen LogP contribution < -0.4 is 0 Å². The number of hydrogen-bond donors (Lipinski definition) is 0. The SMILES string of the molecule is CS(=O)(=O)CCn1cnnc1Cl. The lowest BCUT2D eigenvalue weighted by atomic mass is 10.7. The fraction of sp³-hybridized carbons (Fsp3) is 0.600. The summed E-state index contributed by atoms with van der Waals surface area (Å²) in [5.41, 5.74) is 0. The first-order chi connectivity index (χ1) is 5.49. The van der Waals surface area contributed by atoms with Crippen molar-refractivity contribution in [2.75, 3.05) is 12.0 Å². The summed E-state index contributed by atoms with van der Waals surface area (Å²) in [6, 6.07) is 0. The van der Waals surface area contributed by atoms with E-state index in [0.29, 0.717) is 6.54 Å². The van der Waals surface area contributed by atoms with E-state index in [1.54, 1.807) is 0 Å². The van der Waals surface area contributed by atoms with Gasteiger partial charge in [-0.1, -0.05) is 0 Å². The van der Waals surface area contributed by atoms with Crippen LogP contribution in [0.2, 0.25) is 5.28 Å². The normalized spacial score (nSPS) is 11.8. The number of aryl methyl sites for hydroxylation is 1. The lowest BCUT2D eigenvalue weighted by molar-refractivity contribution is 0.594. The first-order valence-electron chi connectivity index (χ1n) is 3.20. The van der Waals surface area contributed by atoms with Gasteiger partial charge in [-0.15, -0.1) is 10.2 Å². The predicted octanol–water partition coefficient (Wildman–Crippen LogP) is -0.0239. The third-order valence-electron chi connectivity index (χ3n) is 1.27. The van der Waals surface area contributed by atoms with Crippen molar-refractivity contribution in [3.8, 4) is 0 Å². The Labute approximate surface area is 75.3 Å². The Kier molecular flexibility index (Phi) is 2.69. The zero-order chi connectivity index (χ0) is 9.19. The molecule has 0 spiro atoms. The molecule has 0 aliphatic heterocycles. The zero-order valence-electron chi connectivity index (χ0n) is 6.44. The van der Waals surface area contributed by atoms with Crippen LogP contribution >= 0.6 is 11.6 Å². The number of rotatable bonds is 3. The maximum atomic E-state index is 10.7. The highest BCUT2D eigenvalue weighted by molar-refractivity contribution is 7.90. The van der Waals surface area contributed by atoms with E-state index in [1.165, 1.54) is 17.2 Å². The van der Waals surface area contributed by atoms with Gasteiger partial charge in [0.05, 0.1) is 5.75 Å². The molecule has 0 fully saturated rings. The third-order valence-corrected chi connectivity index (χ3v) is 2.49. The van der Waals surface area contributed by atoms with Gasteiger partial charge in [0.25, 0.3) is 0 Å². The summed E-state index contributed by atoms with van der Waals surface area (Å²) in [4.78, 5) is 0. The van der Waals surface area contributed by atoms with Crippen LogP contribution in [-0.4, -0.2) is 35.2 Å². The average Bonchev–Trinajstić information content (AvgIpc) is 2.29. The van der Waals surface area contributed by atoms with Crippen LogP contribution in [0.4, 0.5) is 0 Å². The Hall–Kier alpha value is -0.620. The predicted molar refractivity (Wildman–Crippen MR) is 44.7 cm³/mol. The molecule has 0 unspecified atom stereocenters. The van der Waals surface area contributed by atoms with Crippen LogP contribution in [0.3, 0.4) is 0 Å². The quantitative estimate of drug-likeness (QED) is 0.702. The topological polar surface area (TPSA) is 64.8 Å². The van der Waals surface area contributed by atoms with Crippen molar-refractivity contribution in [2.24, 2.45) is 0 Å². The van der Waals surface area contributed by atoms with Gasteiger partial charge in [0.1, 0.15) is 16.2 Å². The van der Waals surface area contributed by atoms with E-state index in [4.69, 9.17) is 11.6 Å². The molecule has 0 saturated heterocycles. The van der Waals surface area contributed by atoms with Crippen molar-refractivity contribution in [2.45, 2.75) is 6.54 Å². The second kappa shape index (κ2) is 3.40. The van der Waals surface area contributed by atoms with Gasteiger partial charge in [-0.3, -0.25) is 0 Å². The maximum absolute atomic E-state index is 10.7. The molecule has 1 aromatic rings. The summed E-state index contributed by atoms with van der Waals surface area (Å²) in [5.74, 6) is 0.0464. The second-order valence-electron chi connectivity index (χ2n) is 2.42. The van der Waals surface area contributed by atoms with Gasteiger partial charge in [0, 0.05) is 12.8 Å². The number of halogens is 1. The Morgan fingerprint density at radius 1 is 1.67 bits per heavy atom. The molecule has 0 radical (unpaired) electrons. The van der Waals surface area contributed by atoms with Gasteiger partial charge in [0.2, 0.25) is 5.28 Å². The van der Waals surface area contributed by atoms with Gasteiger partial charge < -0.3 is 4.57 Å². The van der Waals surface area contributed by atoms with E-state index < -0.39 is 9.84 Å². The van der Waals surface area contributed by atoms with Crippen molar-refractivity contribution in [1.29, 1.82) is 0 Å². The first-order valence-corrected chi connectivity index (χ1v) is 5.64. The molecule has 0 aliphatic carbocycles. The fourth-order valence-electron chi connectivity index (χ4n) is 0.655. The highest BCUT2D eigenvalue weighted by Crippen LogP contribution is 2.02. The molecule has 5 nitrogen and oxygen atoms in total. The van der Waals surface area contributed by atoms with E-state index in [1.807, 2.05) is 0 Å². The maximum Gasteiger partial charge on any atom is 0.224 e. The molecule has 0 bridgehead atoms. The van der Waals surface area contributed by atoms with Gasteiger partial charge in [-0.25, -0.2) is 8.42 Å². The Morgan fingerprint density at radius 3 is 2.75 bits per heavy atom. The van der Waals surface area contributed by atoms with E-state index >= 15 is 0 Å². The number of hydrogen-bond acceptors (Lipinski definition) is 4. The Balaban J connectivity index is 2.61. The summed E-state index contributed by atoms with van der Waals surface area (Å²) in [5, 5.41) is 7.22. The monoisotopic (exact) mass is 209 g/mol. The minimum Gasteiger partial charge on any atom is -0.303 e. The van der Waals surface area contributed by atoms with Crippen molar-refractivity contribution in [1.82, 2.24) is 14.8 Å². The number of nitrogens with zero attached hydrogens (tertiary/aromatic N) is 3. The van der Waals surface area contributed by atoms with Gasteiger partial charge >= 0.3 is 0 Å². The average molecular weight is 210 g/mol. The minimum atomic E-state index is -2.95. The molecule has 0 aliphatic rings. The molecule has 1 rings (SSSR count). The fourth-order valence-corrected chi connectivity index (χ4v) is 1.36. The van der Waals surface area contributed by atoms with Gasteiger partial charge in [-0.05, 0) is 11.6 Å². The van der Waals surface area contributed by atoms with Crippen molar-refractivity contribution >= 4 is 21.4 Å². The molecule has 0 aromatic carbocycles. The molecule has 0 amide bonds. The molecule has 68 valence electrons. The summed E-state index contributed by atoms with van der Waals surface area (Å²) in [7, 11) is -2.95. The molecule has 7 heteroatoms. The van der Waals surface area contributed by atoms with Crippen LogP contribution in [0, 0.1) is 0 Å². The largest absolute Gasteiger partial charge is 0.303 e. The lowest BCUT2D eigenvalue weighted by Gasteiger charge is -1.99. The van der Waals surface area contributed by atoms with Crippen LogP contribution in [-0.2, 0) is 16.4 Å². The highest BCUT2D eigenvalue weighted by Gasteiger charge is 2.05. The van der Waals surface area contributed by atoms with Crippen molar-refractivity contribution in [3.63, 3.8) is 0 Å². The van der Waals surface area contributed by atoms with Crippen LogP contribution in [0.25, 0.3) is 0 Å². The summed E-state index contributed by atoms with van der Waals surface area (Å²) >= 11 is 5.56. The molecular weight excluding hydrogens is 202 g/mol. The number of sulfone groups is 1.